The van der Waals surface area contributed by atoms with Gasteiger partial charge in [-0.05, 0) is 70.7 Å². The van der Waals surface area contributed by atoms with Crippen molar-refractivity contribution in [3.05, 3.63) is 94.5 Å². The lowest BCUT2D eigenvalue weighted by molar-refractivity contribution is 0.0697. The molecule has 0 heterocycles. The SMILES string of the molecule is CC(C)c1ccc([C@@H](O)CN[C@H]2CCc3ccc(-c4ccc(C(=O)O)cc4)cc3C2)cc1. The predicted molar refractivity (Wildman–Crippen MR) is 128 cm³/mol. The molecule has 0 fully saturated rings. The zero-order valence-electron chi connectivity index (χ0n) is 18.7. The minimum atomic E-state index is -0.908. The van der Waals surface area contributed by atoms with Crippen molar-refractivity contribution < 1.29 is 15.0 Å². The molecule has 2 atom stereocenters. The highest BCUT2D eigenvalue weighted by molar-refractivity contribution is 5.88. The summed E-state index contributed by atoms with van der Waals surface area (Å²) in [5.74, 6) is -0.421. The van der Waals surface area contributed by atoms with Crippen molar-refractivity contribution in [2.24, 2.45) is 0 Å². The van der Waals surface area contributed by atoms with E-state index in [0.29, 0.717) is 24.1 Å². The van der Waals surface area contributed by atoms with Gasteiger partial charge in [0.05, 0.1) is 11.7 Å². The average molecular weight is 430 g/mol. The Morgan fingerprint density at radius 2 is 1.59 bits per heavy atom. The number of nitrogens with one attached hydrogen (secondary N) is 1. The number of hydrogen-bond acceptors (Lipinski definition) is 3. The minimum absolute atomic E-state index is 0.299. The fraction of sp³-hybridized carbons (Fsp3) is 0.321. The first-order valence-corrected chi connectivity index (χ1v) is 11.4. The first kappa shape index (κ1) is 22.3. The van der Waals surface area contributed by atoms with Crippen LogP contribution in [0.3, 0.4) is 0 Å². The fourth-order valence-corrected chi connectivity index (χ4v) is 4.42. The summed E-state index contributed by atoms with van der Waals surface area (Å²) in [6, 6.07) is 22.2. The van der Waals surface area contributed by atoms with E-state index in [1.54, 1.807) is 12.1 Å². The number of carboxylic acid groups (broad SMARTS) is 1. The van der Waals surface area contributed by atoms with Crippen molar-refractivity contribution in [3.8, 4) is 11.1 Å². The second-order valence-electron chi connectivity index (χ2n) is 9.05. The van der Waals surface area contributed by atoms with E-state index in [4.69, 9.17) is 5.11 Å². The summed E-state index contributed by atoms with van der Waals surface area (Å²) >= 11 is 0. The van der Waals surface area contributed by atoms with Gasteiger partial charge in [-0.2, -0.15) is 0 Å². The minimum Gasteiger partial charge on any atom is -0.478 e. The Labute approximate surface area is 189 Å². The summed E-state index contributed by atoms with van der Waals surface area (Å²) in [6.07, 6.45) is 2.48. The van der Waals surface area contributed by atoms with Crippen LogP contribution in [0.5, 0.6) is 0 Å². The van der Waals surface area contributed by atoms with Gasteiger partial charge < -0.3 is 15.5 Å². The first-order valence-electron chi connectivity index (χ1n) is 11.4. The van der Waals surface area contributed by atoms with Crippen molar-refractivity contribution in [1.82, 2.24) is 5.32 Å². The molecule has 4 heteroatoms. The van der Waals surface area contributed by atoms with Gasteiger partial charge in [-0.3, -0.25) is 0 Å². The number of carboxylic acids is 1. The number of aryl methyl sites for hydroxylation is 1. The monoisotopic (exact) mass is 429 g/mol. The van der Waals surface area contributed by atoms with Crippen molar-refractivity contribution >= 4 is 5.97 Å². The molecule has 0 radical (unpaired) electrons. The topological polar surface area (TPSA) is 69.6 Å². The van der Waals surface area contributed by atoms with Gasteiger partial charge in [0.1, 0.15) is 0 Å². The molecule has 3 N–H and O–H groups in total. The largest absolute Gasteiger partial charge is 0.478 e. The second kappa shape index (κ2) is 9.68. The molecule has 0 saturated heterocycles. The van der Waals surface area contributed by atoms with Gasteiger partial charge >= 0.3 is 5.97 Å². The van der Waals surface area contributed by atoms with E-state index in [0.717, 1.165) is 36.0 Å². The molecule has 4 nitrogen and oxygen atoms in total. The van der Waals surface area contributed by atoms with Crippen LogP contribution in [-0.4, -0.2) is 28.8 Å². The summed E-state index contributed by atoms with van der Waals surface area (Å²) in [5, 5.41) is 23.3. The van der Waals surface area contributed by atoms with Crippen LogP contribution < -0.4 is 5.32 Å². The molecule has 0 bridgehead atoms. The van der Waals surface area contributed by atoms with E-state index < -0.39 is 12.1 Å². The van der Waals surface area contributed by atoms with Crippen LogP contribution in [0.2, 0.25) is 0 Å². The third kappa shape index (κ3) is 5.09. The molecule has 0 amide bonds. The Balaban J connectivity index is 1.39. The Bertz CT molecular complexity index is 1070. The molecule has 0 spiro atoms. The highest BCUT2D eigenvalue weighted by Crippen LogP contribution is 2.28. The molecular formula is C28H31NO3. The van der Waals surface area contributed by atoms with Crippen LogP contribution in [-0.2, 0) is 12.8 Å². The maximum atomic E-state index is 11.1. The highest BCUT2D eigenvalue weighted by Gasteiger charge is 2.20. The van der Waals surface area contributed by atoms with E-state index in [1.165, 1.54) is 16.7 Å². The number of fused-ring (bicyclic) bond motifs is 1. The van der Waals surface area contributed by atoms with Gasteiger partial charge in [0.25, 0.3) is 0 Å². The van der Waals surface area contributed by atoms with Crippen molar-refractivity contribution in [2.75, 3.05) is 6.54 Å². The van der Waals surface area contributed by atoms with E-state index in [-0.39, 0.29) is 0 Å². The molecule has 3 aromatic rings. The van der Waals surface area contributed by atoms with Crippen molar-refractivity contribution in [2.45, 2.75) is 51.2 Å². The van der Waals surface area contributed by atoms with Crippen LogP contribution in [0.15, 0.2) is 66.7 Å². The van der Waals surface area contributed by atoms with Crippen LogP contribution in [0.25, 0.3) is 11.1 Å². The number of rotatable bonds is 7. The van der Waals surface area contributed by atoms with Crippen molar-refractivity contribution in [1.29, 1.82) is 0 Å². The van der Waals surface area contributed by atoms with Crippen LogP contribution >= 0.6 is 0 Å². The molecular weight excluding hydrogens is 398 g/mol. The van der Waals surface area contributed by atoms with Crippen LogP contribution in [0.4, 0.5) is 0 Å². The molecule has 0 aliphatic heterocycles. The number of aromatic carboxylic acids is 1. The molecule has 0 aromatic heterocycles. The van der Waals surface area contributed by atoms with E-state index in [1.807, 2.05) is 24.3 Å². The summed E-state index contributed by atoms with van der Waals surface area (Å²) in [6.45, 7) is 4.88. The molecule has 166 valence electrons. The van der Waals surface area contributed by atoms with E-state index >= 15 is 0 Å². The lowest BCUT2D eigenvalue weighted by Crippen LogP contribution is -2.37. The lowest BCUT2D eigenvalue weighted by Gasteiger charge is -2.27. The van der Waals surface area contributed by atoms with Crippen molar-refractivity contribution in [3.63, 3.8) is 0 Å². The zero-order valence-corrected chi connectivity index (χ0v) is 18.7. The van der Waals surface area contributed by atoms with Gasteiger partial charge in [-0.15, -0.1) is 0 Å². The van der Waals surface area contributed by atoms with Crippen LogP contribution in [0.1, 0.15) is 64.9 Å². The highest BCUT2D eigenvalue weighted by atomic mass is 16.4. The average Bonchev–Trinajstić information content (AvgIpc) is 2.82. The standard InChI is InChI=1S/C28H31NO3/c1-18(2)19-3-8-22(9-4-19)27(30)17-29-26-14-13-21-7-12-24(15-25(21)16-26)20-5-10-23(11-6-20)28(31)32/h3-12,15,18,26-27,29-30H,13-14,16-17H2,1-2H3,(H,31,32)/t26-,27-/m0/s1. The van der Waals surface area contributed by atoms with Gasteiger partial charge in [0.15, 0.2) is 0 Å². The van der Waals surface area contributed by atoms with E-state index in [2.05, 4.69) is 49.5 Å². The van der Waals surface area contributed by atoms with Crippen LogP contribution in [0, 0.1) is 0 Å². The zero-order chi connectivity index (χ0) is 22.7. The second-order valence-corrected chi connectivity index (χ2v) is 9.05. The lowest BCUT2D eigenvalue weighted by atomic mass is 9.86. The van der Waals surface area contributed by atoms with Gasteiger partial charge in [-0.25, -0.2) is 4.79 Å². The smallest absolute Gasteiger partial charge is 0.335 e. The Hall–Kier alpha value is -2.95. The van der Waals surface area contributed by atoms with E-state index in [9.17, 15) is 9.90 Å². The number of carbonyl (C=O) groups is 1. The molecule has 4 rings (SSSR count). The Kier molecular flexibility index (Phi) is 6.73. The third-order valence-electron chi connectivity index (χ3n) is 6.49. The molecule has 1 aliphatic carbocycles. The first-order chi connectivity index (χ1) is 15.4. The molecule has 0 unspecified atom stereocenters. The Morgan fingerprint density at radius 3 is 2.25 bits per heavy atom. The molecule has 3 aromatic carbocycles. The van der Waals surface area contributed by atoms with Gasteiger partial charge in [-0.1, -0.05) is 68.4 Å². The molecule has 0 saturated carbocycles. The number of benzene rings is 3. The maximum Gasteiger partial charge on any atom is 0.335 e. The molecule has 32 heavy (non-hydrogen) atoms. The maximum absolute atomic E-state index is 11.1. The fourth-order valence-electron chi connectivity index (χ4n) is 4.42. The predicted octanol–water partition coefficient (Wildman–Crippen LogP) is 5.36. The number of hydrogen-bond donors (Lipinski definition) is 3. The molecule has 1 aliphatic rings. The quantitative estimate of drug-likeness (QED) is 0.473. The summed E-state index contributed by atoms with van der Waals surface area (Å²) in [5.41, 5.74) is 7.35. The third-order valence-corrected chi connectivity index (χ3v) is 6.49. The summed E-state index contributed by atoms with van der Waals surface area (Å²) < 4.78 is 0. The Morgan fingerprint density at radius 1 is 0.938 bits per heavy atom. The summed E-state index contributed by atoms with van der Waals surface area (Å²) in [7, 11) is 0. The van der Waals surface area contributed by atoms with Gasteiger partial charge in [0, 0.05) is 12.6 Å². The number of aliphatic hydroxyl groups excluding tert-OH is 1. The summed E-state index contributed by atoms with van der Waals surface area (Å²) in [4.78, 5) is 11.1. The van der Waals surface area contributed by atoms with Gasteiger partial charge in [0.2, 0.25) is 0 Å². The number of aliphatic hydroxyl groups is 1. The normalized spacial score (nSPS) is 16.6.